The number of ether oxygens (including phenoxy) is 1. The number of aromatic hydroxyl groups is 1. The maximum atomic E-state index is 13.3. The van der Waals surface area contributed by atoms with Crippen LogP contribution in [0.25, 0.3) is 22.3 Å². The maximum Gasteiger partial charge on any atom is 0.239 e. The summed E-state index contributed by atoms with van der Waals surface area (Å²) in [6.45, 7) is 1.09. The number of phenolic OH excluding ortho intramolecular Hbond substituents is 1. The molecule has 0 spiro atoms. The minimum absolute atomic E-state index is 0.0974. The number of nitrogens with zero attached hydrogens (tertiary/aromatic N) is 5. The summed E-state index contributed by atoms with van der Waals surface area (Å²) in [5.74, 6) is 1.88. The topological polar surface area (TPSA) is 145 Å². The van der Waals surface area contributed by atoms with Gasteiger partial charge in [0.25, 0.3) is 0 Å². The monoisotopic (exact) mass is 549 g/mol. The van der Waals surface area contributed by atoms with Crippen molar-refractivity contribution in [3.05, 3.63) is 90.8 Å². The summed E-state index contributed by atoms with van der Waals surface area (Å²) >= 11 is 0. The van der Waals surface area contributed by atoms with Crippen molar-refractivity contribution in [3.63, 3.8) is 0 Å². The fourth-order valence-corrected chi connectivity index (χ4v) is 5.32. The van der Waals surface area contributed by atoms with Gasteiger partial charge in [-0.05, 0) is 73.4 Å². The Kier molecular flexibility index (Phi) is 7.22. The van der Waals surface area contributed by atoms with E-state index >= 15 is 0 Å². The SMILES string of the molecule is Nc1ncnc2c1c(-c1ccc(Oc3ccccc3)cc1)nn2[C@@H]1CCCN(C(=O)[C@@H](N)Cc2ccc(O)cc2)C1. The van der Waals surface area contributed by atoms with Gasteiger partial charge in [-0.3, -0.25) is 4.79 Å². The normalized spacial score (nSPS) is 16.0. The summed E-state index contributed by atoms with van der Waals surface area (Å²) in [6, 6.07) is 23.2. The number of amides is 1. The number of carbonyl (C=O) groups is 1. The van der Waals surface area contributed by atoms with Crippen LogP contribution in [-0.2, 0) is 11.2 Å². The number of nitrogen functional groups attached to an aromatic ring is 1. The van der Waals surface area contributed by atoms with E-state index in [0.29, 0.717) is 47.8 Å². The lowest BCUT2D eigenvalue weighted by molar-refractivity contribution is -0.134. The molecule has 0 saturated carbocycles. The summed E-state index contributed by atoms with van der Waals surface area (Å²) in [4.78, 5) is 23.9. The number of aromatic nitrogens is 4. The predicted octanol–water partition coefficient (Wildman–Crippen LogP) is 4.31. The molecule has 208 valence electrons. The molecule has 2 atom stereocenters. The number of rotatable bonds is 7. The molecule has 3 heterocycles. The van der Waals surface area contributed by atoms with Crippen molar-refractivity contribution in [1.82, 2.24) is 24.6 Å². The highest BCUT2D eigenvalue weighted by atomic mass is 16.5. The molecule has 10 nitrogen and oxygen atoms in total. The molecular formula is C31H31N7O3. The molecule has 0 aliphatic carbocycles. The van der Waals surface area contributed by atoms with E-state index in [1.165, 1.54) is 6.33 Å². The molecule has 5 aromatic rings. The quantitative estimate of drug-likeness (QED) is 0.272. The van der Waals surface area contributed by atoms with Gasteiger partial charge in [0.15, 0.2) is 5.65 Å². The molecular weight excluding hydrogens is 518 g/mol. The smallest absolute Gasteiger partial charge is 0.239 e. The highest BCUT2D eigenvalue weighted by Gasteiger charge is 2.30. The summed E-state index contributed by atoms with van der Waals surface area (Å²) in [7, 11) is 0. The Hall–Kier alpha value is -4.96. The molecule has 6 rings (SSSR count). The number of anilines is 1. The van der Waals surface area contributed by atoms with E-state index in [1.807, 2.05) is 64.2 Å². The third-order valence-electron chi connectivity index (χ3n) is 7.39. The number of piperidine rings is 1. The van der Waals surface area contributed by atoms with Crippen LogP contribution in [0.3, 0.4) is 0 Å². The van der Waals surface area contributed by atoms with Crippen molar-refractivity contribution in [3.8, 4) is 28.5 Å². The van der Waals surface area contributed by atoms with Crippen LogP contribution in [0.5, 0.6) is 17.2 Å². The van der Waals surface area contributed by atoms with Crippen molar-refractivity contribution in [2.75, 3.05) is 18.8 Å². The second kappa shape index (κ2) is 11.3. The van der Waals surface area contributed by atoms with Gasteiger partial charge in [-0.15, -0.1) is 0 Å². The van der Waals surface area contributed by atoms with Gasteiger partial charge in [-0.25, -0.2) is 14.6 Å². The minimum Gasteiger partial charge on any atom is -0.508 e. The molecule has 41 heavy (non-hydrogen) atoms. The van der Waals surface area contributed by atoms with Gasteiger partial charge in [0, 0.05) is 18.7 Å². The fraction of sp³-hybridized carbons (Fsp3) is 0.226. The summed E-state index contributed by atoms with van der Waals surface area (Å²) < 4.78 is 7.82. The Morgan fingerprint density at radius 2 is 1.73 bits per heavy atom. The molecule has 1 aliphatic rings. The fourth-order valence-electron chi connectivity index (χ4n) is 5.32. The zero-order valence-corrected chi connectivity index (χ0v) is 22.4. The number of para-hydroxylation sites is 1. The second-order valence-electron chi connectivity index (χ2n) is 10.2. The van der Waals surface area contributed by atoms with Crippen LogP contribution in [0.15, 0.2) is 85.2 Å². The van der Waals surface area contributed by atoms with Crippen molar-refractivity contribution < 1.29 is 14.6 Å². The zero-order valence-electron chi connectivity index (χ0n) is 22.4. The average molecular weight is 550 g/mol. The number of carbonyl (C=O) groups excluding carboxylic acids is 1. The van der Waals surface area contributed by atoms with Crippen LogP contribution in [0.1, 0.15) is 24.4 Å². The van der Waals surface area contributed by atoms with Gasteiger partial charge in [0.05, 0.1) is 17.5 Å². The van der Waals surface area contributed by atoms with E-state index in [9.17, 15) is 9.90 Å². The van der Waals surface area contributed by atoms with Crippen molar-refractivity contribution in [2.45, 2.75) is 31.3 Å². The van der Waals surface area contributed by atoms with Crippen LogP contribution in [0.4, 0.5) is 5.82 Å². The highest BCUT2D eigenvalue weighted by Crippen LogP contribution is 2.35. The van der Waals surface area contributed by atoms with Crippen LogP contribution in [-0.4, -0.2) is 54.8 Å². The summed E-state index contributed by atoms with van der Waals surface area (Å²) in [5, 5.41) is 15.2. The van der Waals surface area contributed by atoms with E-state index < -0.39 is 6.04 Å². The van der Waals surface area contributed by atoms with Crippen LogP contribution in [0, 0.1) is 0 Å². The van der Waals surface area contributed by atoms with E-state index in [4.69, 9.17) is 21.3 Å². The molecule has 0 radical (unpaired) electrons. The standard InChI is InChI=1S/C31H31N7O3/c32-26(17-20-8-12-23(39)13-9-20)31(40)37-16-4-5-22(18-37)38-30-27(29(33)34-19-35-30)28(36-38)21-10-14-25(15-11-21)41-24-6-2-1-3-7-24/h1-3,6-15,19,22,26,39H,4-5,16-18,32H2,(H2,33,34,35)/t22-,26+/m1/s1. The van der Waals surface area contributed by atoms with Crippen molar-refractivity contribution >= 4 is 22.8 Å². The lowest BCUT2D eigenvalue weighted by atomic mass is 10.0. The molecule has 10 heteroatoms. The molecule has 1 aliphatic heterocycles. The van der Waals surface area contributed by atoms with Crippen LogP contribution in [0.2, 0.25) is 0 Å². The minimum atomic E-state index is -0.683. The van der Waals surface area contributed by atoms with Gasteiger partial charge in [-0.2, -0.15) is 5.10 Å². The number of phenols is 1. The Balaban J connectivity index is 1.24. The van der Waals surface area contributed by atoms with Crippen molar-refractivity contribution in [1.29, 1.82) is 0 Å². The van der Waals surface area contributed by atoms with Crippen LogP contribution >= 0.6 is 0 Å². The Labute approximate surface area is 237 Å². The maximum absolute atomic E-state index is 13.3. The van der Waals surface area contributed by atoms with E-state index in [2.05, 4.69) is 9.97 Å². The van der Waals surface area contributed by atoms with E-state index in [1.54, 1.807) is 24.3 Å². The van der Waals surface area contributed by atoms with Gasteiger partial charge in [0.1, 0.15) is 35.1 Å². The number of hydrogen-bond donors (Lipinski definition) is 3. The van der Waals surface area contributed by atoms with Gasteiger partial charge in [-0.1, -0.05) is 30.3 Å². The highest BCUT2D eigenvalue weighted by molar-refractivity contribution is 5.98. The molecule has 3 aromatic carbocycles. The first-order valence-corrected chi connectivity index (χ1v) is 13.6. The lowest BCUT2D eigenvalue weighted by Crippen LogP contribution is -2.49. The molecule has 1 saturated heterocycles. The molecule has 5 N–H and O–H groups in total. The molecule has 2 aromatic heterocycles. The van der Waals surface area contributed by atoms with Crippen molar-refractivity contribution in [2.24, 2.45) is 5.73 Å². The summed E-state index contributed by atoms with van der Waals surface area (Å²) in [6.07, 6.45) is 3.48. The zero-order chi connectivity index (χ0) is 28.3. The van der Waals surface area contributed by atoms with Gasteiger partial charge >= 0.3 is 0 Å². The first kappa shape index (κ1) is 26.3. The predicted molar refractivity (Wildman–Crippen MR) is 156 cm³/mol. The van der Waals surface area contributed by atoms with Gasteiger partial charge < -0.3 is 26.2 Å². The number of benzene rings is 3. The molecule has 1 fully saturated rings. The first-order valence-electron chi connectivity index (χ1n) is 13.6. The number of hydrogen-bond acceptors (Lipinski definition) is 8. The number of likely N-dealkylation sites (tertiary alicyclic amines) is 1. The average Bonchev–Trinajstić information content (AvgIpc) is 3.40. The third-order valence-corrected chi connectivity index (χ3v) is 7.39. The Morgan fingerprint density at radius 1 is 1.00 bits per heavy atom. The largest absolute Gasteiger partial charge is 0.508 e. The lowest BCUT2D eigenvalue weighted by Gasteiger charge is -2.34. The van der Waals surface area contributed by atoms with Gasteiger partial charge in [0.2, 0.25) is 5.91 Å². The molecule has 0 unspecified atom stereocenters. The Bertz CT molecular complexity index is 1650. The Morgan fingerprint density at radius 3 is 2.49 bits per heavy atom. The summed E-state index contributed by atoms with van der Waals surface area (Å²) in [5.41, 5.74) is 15.7. The number of nitrogens with two attached hydrogens (primary N) is 2. The van der Waals surface area contributed by atoms with E-state index in [0.717, 1.165) is 29.7 Å². The molecule has 1 amide bonds. The number of fused-ring (bicyclic) bond motifs is 1. The van der Waals surface area contributed by atoms with E-state index in [-0.39, 0.29) is 17.7 Å². The van der Waals surface area contributed by atoms with Crippen LogP contribution < -0.4 is 16.2 Å². The third kappa shape index (κ3) is 5.55. The first-order chi connectivity index (χ1) is 20.0. The molecule has 0 bridgehead atoms. The second-order valence-corrected chi connectivity index (χ2v) is 10.2.